The lowest BCUT2D eigenvalue weighted by molar-refractivity contribution is -0.169. The maximum Gasteiger partial charge on any atom is 0.411 e. The first-order valence-corrected chi connectivity index (χ1v) is 6.46. The van der Waals surface area contributed by atoms with Crippen molar-refractivity contribution in [3.63, 3.8) is 0 Å². The Hall–Kier alpha value is -1.12. The first-order valence-electron chi connectivity index (χ1n) is 4.76. The van der Waals surface area contributed by atoms with Gasteiger partial charge in [-0.25, -0.2) is 4.79 Å². The van der Waals surface area contributed by atoms with Crippen molar-refractivity contribution in [3.05, 3.63) is 28.8 Å². The molecule has 4 nitrogen and oxygen atoms in total. The summed E-state index contributed by atoms with van der Waals surface area (Å²) in [4.78, 5) is 10.8. The highest BCUT2D eigenvalue weighted by Crippen LogP contribution is 2.20. The van der Waals surface area contributed by atoms with E-state index in [2.05, 4.69) is 4.74 Å². The number of carboxylic acids is 1. The average molecular weight is 317 g/mol. The smallest absolute Gasteiger partial charge is 0.411 e. The Balaban J connectivity index is 2.73. The number of aromatic carboxylic acids is 1. The molecule has 0 amide bonds. The summed E-state index contributed by atoms with van der Waals surface area (Å²) in [5, 5.41) is 8.74. The van der Waals surface area contributed by atoms with Crippen molar-refractivity contribution in [1.82, 2.24) is 0 Å². The van der Waals surface area contributed by atoms with Crippen LogP contribution in [0.5, 0.6) is 0 Å². The summed E-state index contributed by atoms with van der Waals surface area (Å²) in [5.41, 5.74) is -0.275. The number of hydrogen-bond acceptors (Lipinski definition) is 3. The summed E-state index contributed by atoms with van der Waals surface area (Å²) in [7, 11) is -1.90. The van der Waals surface area contributed by atoms with E-state index in [4.69, 9.17) is 16.7 Å². The van der Waals surface area contributed by atoms with Crippen molar-refractivity contribution < 1.29 is 32.0 Å². The second-order valence-electron chi connectivity index (χ2n) is 3.37. The van der Waals surface area contributed by atoms with Crippen molar-refractivity contribution in [2.75, 3.05) is 12.5 Å². The highest BCUT2D eigenvalue weighted by atomic mass is 35.5. The largest absolute Gasteiger partial charge is 0.478 e. The van der Waals surface area contributed by atoms with Gasteiger partial charge in [0.2, 0.25) is 0 Å². The van der Waals surface area contributed by atoms with E-state index < -0.39 is 35.5 Å². The lowest BCUT2D eigenvalue weighted by Crippen LogP contribution is -2.18. The summed E-state index contributed by atoms with van der Waals surface area (Å²) < 4.78 is 51.3. The van der Waals surface area contributed by atoms with Gasteiger partial charge in [-0.2, -0.15) is 13.2 Å². The van der Waals surface area contributed by atoms with Gasteiger partial charge < -0.3 is 9.84 Å². The van der Waals surface area contributed by atoms with Gasteiger partial charge in [-0.3, -0.25) is 4.21 Å². The number of carboxylic acid groups (broad SMARTS) is 1. The van der Waals surface area contributed by atoms with Gasteiger partial charge in [0.1, 0.15) is 12.5 Å². The zero-order valence-corrected chi connectivity index (χ0v) is 10.8. The molecule has 0 saturated heterocycles. The van der Waals surface area contributed by atoms with E-state index in [9.17, 15) is 22.2 Å². The number of benzene rings is 1. The first kappa shape index (κ1) is 15.9. The lowest BCUT2D eigenvalue weighted by Gasteiger charge is -2.08. The Labute approximate surface area is 113 Å². The summed E-state index contributed by atoms with van der Waals surface area (Å²) in [6, 6.07) is 3.52. The van der Waals surface area contributed by atoms with Gasteiger partial charge in [0.25, 0.3) is 0 Å². The fourth-order valence-electron chi connectivity index (χ4n) is 1.11. The molecular formula is C10H8ClF3O4S. The minimum Gasteiger partial charge on any atom is -0.478 e. The molecule has 0 radical (unpaired) electrons. The Kier molecular flexibility index (Phi) is 5.33. The highest BCUT2D eigenvalue weighted by molar-refractivity contribution is 7.84. The Morgan fingerprint density at radius 3 is 2.58 bits per heavy atom. The van der Waals surface area contributed by atoms with Crippen LogP contribution in [0.15, 0.2) is 23.1 Å². The Morgan fingerprint density at radius 2 is 2.05 bits per heavy atom. The molecule has 1 unspecified atom stereocenters. The van der Waals surface area contributed by atoms with Crippen molar-refractivity contribution in [1.29, 1.82) is 0 Å². The molecule has 9 heteroatoms. The van der Waals surface area contributed by atoms with Crippen LogP contribution in [0, 0.1) is 0 Å². The van der Waals surface area contributed by atoms with Crippen molar-refractivity contribution in [3.8, 4) is 0 Å². The molecule has 1 atom stereocenters. The number of halogens is 4. The molecule has 0 spiro atoms. The summed E-state index contributed by atoms with van der Waals surface area (Å²) >= 11 is 5.60. The van der Waals surface area contributed by atoms with Crippen LogP contribution in [-0.2, 0) is 15.5 Å². The second kappa shape index (κ2) is 6.36. The third kappa shape index (κ3) is 5.17. The molecular weight excluding hydrogens is 309 g/mol. The number of ether oxygens (including phenoxy) is 1. The molecule has 1 aromatic carbocycles. The minimum absolute atomic E-state index is 0.0315. The Bertz CT molecular complexity index is 504. The van der Waals surface area contributed by atoms with E-state index in [1.165, 1.54) is 12.1 Å². The molecule has 0 aliphatic rings. The van der Waals surface area contributed by atoms with Gasteiger partial charge in [-0.1, -0.05) is 11.6 Å². The van der Waals surface area contributed by atoms with E-state index >= 15 is 0 Å². The maximum atomic E-state index is 11.8. The van der Waals surface area contributed by atoms with Crippen LogP contribution < -0.4 is 0 Å². The van der Waals surface area contributed by atoms with Crippen LogP contribution in [0.3, 0.4) is 0 Å². The molecule has 19 heavy (non-hydrogen) atoms. The molecule has 1 rings (SSSR count). The Morgan fingerprint density at radius 1 is 1.42 bits per heavy atom. The van der Waals surface area contributed by atoms with E-state index in [-0.39, 0.29) is 15.5 Å². The summed E-state index contributed by atoms with van der Waals surface area (Å²) in [5.74, 6) is -2.00. The molecule has 0 bridgehead atoms. The summed E-state index contributed by atoms with van der Waals surface area (Å²) in [6.07, 6.45) is -4.50. The zero-order valence-electron chi connectivity index (χ0n) is 9.24. The number of rotatable bonds is 5. The van der Waals surface area contributed by atoms with Crippen molar-refractivity contribution in [2.24, 2.45) is 0 Å². The highest BCUT2D eigenvalue weighted by Gasteiger charge is 2.27. The van der Waals surface area contributed by atoms with Gasteiger partial charge in [-0.15, -0.1) is 0 Å². The number of hydrogen-bond donors (Lipinski definition) is 1. The van der Waals surface area contributed by atoms with Crippen molar-refractivity contribution >= 4 is 28.4 Å². The quantitative estimate of drug-likeness (QED) is 0.907. The zero-order chi connectivity index (χ0) is 14.6. The topological polar surface area (TPSA) is 63.6 Å². The van der Waals surface area contributed by atoms with Crippen LogP contribution in [0.2, 0.25) is 5.02 Å². The van der Waals surface area contributed by atoms with Gasteiger partial charge in [0.05, 0.1) is 21.4 Å². The van der Waals surface area contributed by atoms with Gasteiger partial charge in [0, 0.05) is 4.90 Å². The maximum absolute atomic E-state index is 11.8. The van der Waals surface area contributed by atoms with E-state index in [0.29, 0.717) is 0 Å². The minimum atomic E-state index is -4.50. The summed E-state index contributed by atoms with van der Waals surface area (Å²) in [6.45, 7) is -1.52. The first-order chi connectivity index (χ1) is 8.70. The second-order valence-corrected chi connectivity index (χ2v) is 5.18. The third-order valence-electron chi connectivity index (χ3n) is 1.89. The van der Waals surface area contributed by atoms with Crippen LogP contribution >= 0.6 is 11.6 Å². The van der Waals surface area contributed by atoms with Crippen LogP contribution in [0.1, 0.15) is 10.4 Å². The molecule has 0 saturated carbocycles. The van der Waals surface area contributed by atoms with E-state index in [0.717, 1.165) is 6.07 Å². The molecule has 0 aliphatic heterocycles. The third-order valence-corrected chi connectivity index (χ3v) is 3.38. The van der Waals surface area contributed by atoms with Gasteiger partial charge >= 0.3 is 12.1 Å². The van der Waals surface area contributed by atoms with E-state index in [1.54, 1.807) is 0 Å². The monoisotopic (exact) mass is 316 g/mol. The normalized spacial score (nSPS) is 13.3. The fourth-order valence-corrected chi connectivity index (χ4v) is 2.15. The standard InChI is InChI=1S/C10H8ClF3O4S/c11-8-2-1-6(3-7(8)9(15)16)19(17)5-18-4-10(12,13)14/h1-3H,4-5H2,(H,15,16). The van der Waals surface area contributed by atoms with Crippen LogP contribution in [0.25, 0.3) is 0 Å². The average Bonchev–Trinajstić information content (AvgIpc) is 2.27. The lowest BCUT2D eigenvalue weighted by atomic mass is 10.2. The number of carbonyl (C=O) groups is 1. The predicted octanol–water partition coefficient (Wildman–Crippen LogP) is 2.68. The molecule has 0 heterocycles. The molecule has 0 aromatic heterocycles. The van der Waals surface area contributed by atoms with Gasteiger partial charge in [0.15, 0.2) is 0 Å². The molecule has 1 N–H and O–H groups in total. The predicted molar refractivity (Wildman–Crippen MR) is 61.7 cm³/mol. The van der Waals surface area contributed by atoms with Crippen molar-refractivity contribution in [2.45, 2.75) is 11.1 Å². The molecule has 1 aromatic rings. The van der Waals surface area contributed by atoms with Gasteiger partial charge in [-0.05, 0) is 18.2 Å². The SMILES string of the molecule is O=C(O)c1cc(S(=O)COCC(F)(F)F)ccc1Cl. The van der Waals surface area contributed by atoms with E-state index in [1.807, 2.05) is 0 Å². The molecule has 106 valence electrons. The van der Waals surface area contributed by atoms with Crippen LogP contribution in [-0.4, -0.2) is 34.0 Å². The molecule has 0 fully saturated rings. The number of alkyl halides is 3. The fraction of sp³-hybridized carbons (Fsp3) is 0.300. The molecule has 0 aliphatic carbocycles. The van der Waals surface area contributed by atoms with Crippen LogP contribution in [0.4, 0.5) is 13.2 Å².